The highest BCUT2D eigenvalue weighted by molar-refractivity contribution is 7.92. The number of hydrogen-bond acceptors (Lipinski definition) is 7. The lowest BCUT2D eigenvalue weighted by molar-refractivity contribution is 0.378. The van der Waals surface area contributed by atoms with Crippen LogP contribution in [-0.2, 0) is 22.9 Å². The van der Waals surface area contributed by atoms with Crippen LogP contribution in [0.3, 0.4) is 0 Å². The van der Waals surface area contributed by atoms with Crippen molar-refractivity contribution in [3.05, 3.63) is 88.4 Å². The molecule has 2 aromatic carbocycles. The Bertz CT molecular complexity index is 1400. The van der Waals surface area contributed by atoms with Crippen LogP contribution in [0.2, 0.25) is 5.02 Å². The van der Waals surface area contributed by atoms with Gasteiger partial charge < -0.3 is 8.94 Å². The predicted octanol–water partition coefficient (Wildman–Crippen LogP) is 4.71. The molecule has 0 saturated heterocycles. The van der Waals surface area contributed by atoms with Gasteiger partial charge in [-0.1, -0.05) is 28.9 Å². The SMILES string of the molecule is O=S(=O)(Nc1ccc(Cc2nc(Cc3cnc(C4CC4)o3)no2)cc1)c1ccc(Cl)cc1F. The van der Waals surface area contributed by atoms with E-state index in [1.807, 2.05) is 0 Å². The minimum Gasteiger partial charge on any atom is -0.445 e. The van der Waals surface area contributed by atoms with Crippen LogP contribution in [0.4, 0.5) is 10.1 Å². The van der Waals surface area contributed by atoms with E-state index in [0.29, 0.717) is 36.2 Å². The first-order valence-electron chi connectivity index (χ1n) is 10.2. The van der Waals surface area contributed by atoms with E-state index in [-0.39, 0.29) is 10.7 Å². The number of nitrogens with zero attached hydrogens (tertiary/aromatic N) is 3. The molecule has 1 aliphatic rings. The van der Waals surface area contributed by atoms with E-state index in [0.717, 1.165) is 36.4 Å². The fraction of sp³-hybridized carbons (Fsp3) is 0.227. The van der Waals surface area contributed by atoms with Crippen molar-refractivity contribution in [1.82, 2.24) is 15.1 Å². The van der Waals surface area contributed by atoms with Gasteiger partial charge in [0.15, 0.2) is 11.7 Å². The third-order valence-electron chi connectivity index (χ3n) is 5.09. The largest absolute Gasteiger partial charge is 0.445 e. The summed E-state index contributed by atoms with van der Waals surface area (Å²) in [4.78, 5) is 8.18. The second-order valence-corrected chi connectivity index (χ2v) is 9.86. The van der Waals surface area contributed by atoms with Gasteiger partial charge in [-0.2, -0.15) is 4.98 Å². The standard InChI is InChI=1S/C22H18ClFN4O4S/c23-15-5-8-19(18(24)10-15)33(29,30)28-16-6-1-13(2-7-16)9-21-26-20(27-32-21)11-17-12-25-22(31-17)14-3-4-14/h1-2,5-8,10,12,14,28H,3-4,9,11H2. The molecule has 1 saturated carbocycles. The maximum Gasteiger partial charge on any atom is 0.264 e. The molecule has 170 valence electrons. The predicted molar refractivity (Wildman–Crippen MR) is 117 cm³/mol. The molecule has 2 heterocycles. The van der Waals surface area contributed by atoms with Crippen LogP contribution in [0.5, 0.6) is 0 Å². The number of nitrogens with one attached hydrogen (secondary N) is 1. The molecule has 11 heteroatoms. The molecular formula is C22H18ClFN4O4S. The summed E-state index contributed by atoms with van der Waals surface area (Å²) in [5.41, 5.74) is 1.12. The summed E-state index contributed by atoms with van der Waals surface area (Å²) in [6, 6.07) is 9.98. The Kier molecular flexibility index (Phi) is 5.63. The quantitative estimate of drug-likeness (QED) is 0.382. The molecule has 1 fully saturated rings. The number of oxazole rings is 1. The van der Waals surface area contributed by atoms with Gasteiger partial charge >= 0.3 is 0 Å². The lowest BCUT2D eigenvalue weighted by Gasteiger charge is -2.09. The Morgan fingerprint density at radius 2 is 1.91 bits per heavy atom. The van der Waals surface area contributed by atoms with Gasteiger partial charge in [-0.25, -0.2) is 17.8 Å². The van der Waals surface area contributed by atoms with Gasteiger partial charge in [0.2, 0.25) is 5.89 Å². The zero-order valence-corrected chi connectivity index (χ0v) is 18.7. The van der Waals surface area contributed by atoms with Gasteiger partial charge in [0.1, 0.15) is 16.5 Å². The number of benzene rings is 2. The van der Waals surface area contributed by atoms with Crippen LogP contribution in [0, 0.1) is 5.82 Å². The Morgan fingerprint density at radius 1 is 1.12 bits per heavy atom. The van der Waals surface area contributed by atoms with E-state index in [1.54, 1.807) is 30.5 Å². The molecule has 0 atom stereocenters. The second-order valence-electron chi connectivity index (χ2n) is 7.77. The number of anilines is 1. The van der Waals surface area contributed by atoms with E-state index in [4.69, 9.17) is 20.5 Å². The van der Waals surface area contributed by atoms with Crippen molar-refractivity contribution in [2.45, 2.75) is 36.5 Å². The van der Waals surface area contributed by atoms with Crippen LogP contribution in [0.15, 0.2) is 62.5 Å². The van der Waals surface area contributed by atoms with Crippen molar-refractivity contribution in [2.24, 2.45) is 0 Å². The molecule has 0 amide bonds. The third-order valence-corrected chi connectivity index (χ3v) is 6.74. The van der Waals surface area contributed by atoms with E-state index in [2.05, 4.69) is 19.8 Å². The molecule has 4 aromatic rings. The highest BCUT2D eigenvalue weighted by Crippen LogP contribution is 2.39. The molecule has 0 unspecified atom stereocenters. The molecule has 0 spiro atoms. The normalized spacial score (nSPS) is 13.9. The zero-order chi connectivity index (χ0) is 23.0. The van der Waals surface area contributed by atoms with Crippen LogP contribution >= 0.6 is 11.6 Å². The molecule has 0 bridgehead atoms. The first kappa shape index (κ1) is 21.6. The van der Waals surface area contributed by atoms with Gasteiger partial charge in [0, 0.05) is 16.6 Å². The second kappa shape index (κ2) is 8.60. The summed E-state index contributed by atoms with van der Waals surface area (Å²) >= 11 is 5.69. The van der Waals surface area contributed by atoms with Crippen molar-refractivity contribution in [1.29, 1.82) is 0 Å². The van der Waals surface area contributed by atoms with Crippen LogP contribution in [0.1, 0.15) is 47.7 Å². The molecule has 2 aromatic heterocycles. The van der Waals surface area contributed by atoms with Crippen molar-refractivity contribution in [3.8, 4) is 0 Å². The highest BCUT2D eigenvalue weighted by Gasteiger charge is 2.28. The Morgan fingerprint density at radius 3 is 2.64 bits per heavy atom. The molecular weight excluding hydrogens is 471 g/mol. The topological polar surface area (TPSA) is 111 Å². The maximum absolute atomic E-state index is 14.0. The smallest absolute Gasteiger partial charge is 0.264 e. The van der Waals surface area contributed by atoms with Crippen molar-refractivity contribution in [2.75, 3.05) is 4.72 Å². The fourth-order valence-electron chi connectivity index (χ4n) is 3.28. The molecule has 5 rings (SSSR count). The summed E-state index contributed by atoms with van der Waals surface area (Å²) < 4.78 is 52.3. The van der Waals surface area contributed by atoms with Gasteiger partial charge in [-0.05, 0) is 48.7 Å². The summed E-state index contributed by atoms with van der Waals surface area (Å²) in [6.45, 7) is 0. The number of aromatic nitrogens is 3. The van der Waals surface area contributed by atoms with Gasteiger partial charge in [0.05, 0.1) is 19.0 Å². The van der Waals surface area contributed by atoms with Crippen LogP contribution in [-0.4, -0.2) is 23.5 Å². The third kappa shape index (κ3) is 5.07. The molecule has 0 aliphatic heterocycles. The van der Waals surface area contributed by atoms with Gasteiger partial charge in [0.25, 0.3) is 10.0 Å². The van der Waals surface area contributed by atoms with Gasteiger partial charge in [-0.3, -0.25) is 4.72 Å². The van der Waals surface area contributed by atoms with Crippen molar-refractivity contribution in [3.63, 3.8) is 0 Å². The zero-order valence-electron chi connectivity index (χ0n) is 17.2. The summed E-state index contributed by atoms with van der Waals surface area (Å²) in [5.74, 6) is 1.90. The number of sulfonamides is 1. The molecule has 0 radical (unpaired) electrons. The lowest BCUT2D eigenvalue weighted by atomic mass is 10.1. The van der Waals surface area contributed by atoms with E-state index in [9.17, 15) is 12.8 Å². The van der Waals surface area contributed by atoms with Crippen LogP contribution < -0.4 is 4.72 Å². The first-order valence-corrected chi connectivity index (χ1v) is 12.0. The minimum absolute atomic E-state index is 0.115. The highest BCUT2D eigenvalue weighted by atomic mass is 35.5. The van der Waals surface area contributed by atoms with E-state index < -0.39 is 20.7 Å². The van der Waals surface area contributed by atoms with Crippen molar-refractivity contribution >= 4 is 27.3 Å². The minimum atomic E-state index is -4.10. The number of rotatable bonds is 8. The maximum atomic E-state index is 14.0. The molecule has 1 N–H and O–H groups in total. The Hall–Kier alpha value is -3.24. The molecule has 33 heavy (non-hydrogen) atoms. The summed E-state index contributed by atoms with van der Waals surface area (Å²) in [5, 5.41) is 4.10. The fourth-order valence-corrected chi connectivity index (χ4v) is 4.56. The first-order chi connectivity index (χ1) is 15.9. The Balaban J connectivity index is 1.22. The Labute approximate surface area is 193 Å². The average molecular weight is 489 g/mol. The van der Waals surface area contributed by atoms with E-state index in [1.165, 1.54) is 6.07 Å². The molecule has 8 nitrogen and oxygen atoms in total. The van der Waals surface area contributed by atoms with Gasteiger partial charge in [-0.15, -0.1) is 0 Å². The van der Waals surface area contributed by atoms with Crippen LogP contribution in [0.25, 0.3) is 0 Å². The number of hydrogen-bond donors (Lipinski definition) is 1. The molecule has 1 aliphatic carbocycles. The summed E-state index contributed by atoms with van der Waals surface area (Å²) in [7, 11) is -4.10. The lowest BCUT2D eigenvalue weighted by Crippen LogP contribution is -2.14. The van der Waals surface area contributed by atoms with E-state index >= 15 is 0 Å². The van der Waals surface area contributed by atoms with Crippen molar-refractivity contribution < 1.29 is 21.7 Å². The summed E-state index contributed by atoms with van der Waals surface area (Å²) in [6.07, 6.45) is 4.69. The monoisotopic (exact) mass is 488 g/mol. The number of halogens is 2. The average Bonchev–Trinajstić information content (AvgIpc) is 3.36.